The van der Waals surface area contributed by atoms with Gasteiger partial charge in [0.25, 0.3) is 0 Å². The van der Waals surface area contributed by atoms with Gasteiger partial charge in [-0.2, -0.15) is 0 Å². The van der Waals surface area contributed by atoms with Gasteiger partial charge in [-0.3, -0.25) is 4.99 Å². The molecule has 1 aliphatic heterocycles. The maximum atomic E-state index is 14.7. The van der Waals surface area contributed by atoms with E-state index in [0.29, 0.717) is 25.2 Å². The van der Waals surface area contributed by atoms with Crippen LogP contribution in [0.1, 0.15) is 54.0 Å². The van der Waals surface area contributed by atoms with Gasteiger partial charge in [0.2, 0.25) is 0 Å². The third-order valence-corrected chi connectivity index (χ3v) is 5.46. The molecular weight excluding hydrogens is 405 g/mol. The minimum Gasteiger partial charge on any atom is -0.444 e. The van der Waals surface area contributed by atoms with Gasteiger partial charge in [0.1, 0.15) is 11.4 Å². The van der Waals surface area contributed by atoms with Crippen molar-refractivity contribution in [2.75, 3.05) is 19.6 Å². The predicted molar refractivity (Wildman–Crippen MR) is 130 cm³/mol. The van der Waals surface area contributed by atoms with Crippen LogP contribution in [0, 0.1) is 5.82 Å². The molecule has 0 radical (unpaired) electrons. The highest BCUT2D eigenvalue weighted by Gasteiger charge is 2.32. The molecule has 0 bridgehead atoms. The highest BCUT2D eigenvalue weighted by molar-refractivity contribution is 6.12. The van der Waals surface area contributed by atoms with Crippen LogP contribution in [-0.4, -0.2) is 52.9 Å². The highest BCUT2D eigenvalue weighted by atomic mass is 19.1. The fourth-order valence-electron chi connectivity index (χ4n) is 3.98. The average molecular weight is 442 g/mol. The van der Waals surface area contributed by atoms with Gasteiger partial charge in [0, 0.05) is 54.4 Å². The lowest BCUT2D eigenvalue weighted by molar-refractivity contribution is 0.00496. The Morgan fingerprint density at radius 1 is 1.25 bits per heavy atom. The Bertz CT molecular complexity index is 941. The third-order valence-electron chi connectivity index (χ3n) is 5.46. The van der Waals surface area contributed by atoms with Crippen LogP contribution in [0.15, 0.2) is 59.4 Å². The largest absolute Gasteiger partial charge is 0.444 e. The molecule has 0 aliphatic carbocycles. The summed E-state index contributed by atoms with van der Waals surface area (Å²) >= 11 is 0. The number of nitrogens with zero attached hydrogens (tertiary/aromatic N) is 3. The van der Waals surface area contributed by atoms with Gasteiger partial charge < -0.3 is 14.5 Å². The Hall–Kier alpha value is -2.89. The molecule has 1 heterocycles. The fourth-order valence-corrected chi connectivity index (χ4v) is 3.98. The van der Waals surface area contributed by atoms with Crippen molar-refractivity contribution in [1.29, 1.82) is 0 Å². The molecule has 2 rings (SSSR count). The molecule has 0 saturated carbocycles. The van der Waals surface area contributed by atoms with E-state index in [1.807, 2.05) is 60.6 Å². The number of aliphatic imine (C=N–C) groups is 1. The number of piperazine rings is 1. The smallest absolute Gasteiger partial charge is 0.410 e. The van der Waals surface area contributed by atoms with Gasteiger partial charge >= 0.3 is 6.09 Å². The SMILES string of the molecule is C=CN=C(C)C(/C(=C\C)c1ccccc1F)=C(\C)N1CCN(C(=O)OC(C)(C)C)C(C)C1. The van der Waals surface area contributed by atoms with Crippen LogP contribution in [0.5, 0.6) is 0 Å². The van der Waals surface area contributed by atoms with Crippen LogP contribution >= 0.6 is 0 Å². The number of carbonyl (C=O) groups excluding carboxylic acids is 1. The van der Waals surface area contributed by atoms with Crippen molar-refractivity contribution in [1.82, 2.24) is 9.80 Å². The van der Waals surface area contributed by atoms with Crippen LogP contribution in [0.2, 0.25) is 0 Å². The summed E-state index contributed by atoms with van der Waals surface area (Å²) in [6.45, 7) is 19.0. The van der Waals surface area contributed by atoms with E-state index in [1.54, 1.807) is 17.0 Å². The minimum absolute atomic E-state index is 0.0334. The van der Waals surface area contributed by atoms with Crippen LogP contribution in [0.4, 0.5) is 9.18 Å². The summed E-state index contributed by atoms with van der Waals surface area (Å²) in [6, 6.07) is 6.73. The maximum absolute atomic E-state index is 14.7. The summed E-state index contributed by atoms with van der Waals surface area (Å²) in [5.41, 5.74) is 3.40. The van der Waals surface area contributed by atoms with E-state index in [4.69, 9.17) is 4.74 Å². The Morgan fingerprint density at radius 2 is 1.91 bits per heavy atom. The molecular formula is C26H36FN3O2. The summed E-state index contributed by atoms with van der Waals surface area (Å²) in [5, 5.41) is 0. The predicted octanol–water partition coefficient (Wildman–Crippen LogP) is 6.05. The standard InChI is InChI=1S/C26H36FN3O2/c1-9-21(22-13-11-12-14-23(22)27)24(19(4)28-10-2)20(5)29-15-16-30(18(3)17-29)25(31)32-26(6,7)8/h9-14,18H,2,15-17H2,1,3-8H3/b21-9-,24-20-,28-19?. The molecule has 0 aromatic heterocycles. The lowest BCUT2D eigenvalue weighted by Gasteiger charge is -2.42. The molecule has 1 unspecified atom stereocenters. The number of hydrogen-bond donors (Lipinski definition) is 0. The van der Waals surface area contributed by atoms with Gasteiger partial charge in [0.15, 0.2) is 0 Å². The number of carbonyl (C=O) groups is 1. The Morgan fingerprint density at radius 3 is 2.44 bits per heavy atom. The van der Waals surface area contributed by atoms with Crippen molar-refractivity contribution in [3.05, 3.63) is 65.8 Å². The summed E-state index contributed by atoms with van der Waals surface area (Å²) in [5.74, 6) is -0.277. The summed E-state index contributed by atoms with van der Waals surface area (Å²) in [7, 11) is 0. The Balaban J connectivity index is 2.42. The number of ether oxygens (including phenoxy) is 1. The Kier molecular flexibility index (Phi) is 8.42. The van der Waals surface area contributed by atoms with E-state index >= 15 is 0 Å². The molecule has 174 valence electrons. The molecule has 1 fully saturated rings. The van der Waals surface area contributed by atoms with Gasteiger partial charge in [-0.15, -0.1) is 0 Å². The Labute approximate surface area is 192 Å². The normalized spacial score (nSPS) is 18.9. The molecule has 32 heavy (non-hydrogen) atoms. The van der Waals surface area contributed by atoms with Gasteiger partial charge in [-0.05, 0) is 60.1 Å². The lowest BCUT2D eigenvalue weighted by atomic mass is 9.92. The molecule has 1 aromatic carbocycles. The molecule has 1 aliphatic rings. The number of benzene rings is 1. The second-order valence-electron chi connectivity index (χ2n) is 9.01. The fraction of sp³-hybridized carbons (Fsp3) is 0.462. The number of rotatable bonds is 5. The van der Waals surface area contributed by atoms with Crippen molar-refractivity contribution in [2.24, 2.45) is 4.99 Å². The van der Waals surface area contributed by atoms with Crippen molar-refractivity contribution in [3.8, 4) is 0 Å². The number of allylic oxidation sites excluding steroid dienone is 4. The molecule has 0 N–H and O–H groups in total. The van der Waals surface area contributed by atoms with E-state index in [9.17, 15) is 9.18 Å². The van der Waals surface area contributed by atoms with Gasteiger partial charge in [-0.1, -0.05) is 30.9 Å². The van der Waals surface area contributed by atoms with E-state index in [-0.39, 0.29) is 18.0 Å². The number of halogens is 1. The molecule has 0 spiro atoms. The van der Waals surface area contributed by atoms with Crippen molar-refractivity contribution < 1.29 is 13.9 Å². The average Bonchev–Trinajstić information content (AvgIpc) is 2.70. The van der Waals surface area contributed by atoms with Crippen LogP contribution in [0.25, 0.3) is 5.57 Å². The van der Waals surface area contributed by atoms with E-state index in [1.165, 1.54) is 12.3 Å². The quantitative estimate of drug-likeness (QED) is 0.413. The second-order valence-corrected chi connectivity index (χ2v) is 9.01. The molecule has 1 amide bonds. The zero-order chi connectivity index (χ0) is 24.1. The van der Waals surface area contributed by atoms with Crippen LogP contribution in [-0.2, 0) is 4.74 Å². The molecule has 1 aromatic rings. The molecule has 1 atom stereocenters. The second kappa shape index (κ2) is 10.6. The van der Waals surface area contributed by atoms with Crippen molar-refractivity contribution in [3.63, 3.8) is 0 Å². The summed E-state index contributed by atoms with van der Waals surface area (Å²) in [4.78, 5) is 21.0. The highest BCUT2D eigenvalue weighted by Crippen LogP contribution is 2.31. The zero-order valence-electron chi connectivity index (χ0n) is 20.4. The number of hydrogen-bond acceptors (Lipinski definition) is 4. The summed E-state index contributed by atoms with van der Waals surface area (Å²) < 4.78 is 20.2. The maximum Gasteiger partial charge on any atom is 0.410 e. The summed E-state index contributed by atoms with van der Waals surface area (Å²) in [6.07, 6.45) is 3.12. The number of amides is 1. The first-order valence-corrected chi connectivity index (χ1v) is 11.0. The molecule has 5 nitrogen and oxygen atoms in total. The van der Waals surface area contributed by atoms with E-state index < -0.39 is 5.60 Å². The van der Waals surface area contributed by atoms with Gasteiger partial charge in [-0.25, -0.2) is 9.18 Å². The van der Waals surface area contributed by atoms with Crippen molar-refractivity contribution in [2.45, 2.75) is 60.1 Å². The minimum atomic E-state index is -0.532. The van der Waals surface area contributed by atoms with Crippen molar-refractivity contribution >= 4 is 17.4 Å². The molecule has 1 saturated heterocycles. The topological polar surface area (TPSA) is 45.1 Å². The van der Waals surface area contributed by atoms with E-state index in [0.717, 1.165) is 22.6 Å². The van der Waals surface area contributed by atoms with Crippen LogP contribution in [0.3, 0.4) is 0 Å². The lowest BCUT2D eigenvalue weighted by Crippen LogP contribution is -2.54. The van der Waals surface area contributed by atoms with Crippen LogP contribution < -0.4 is 0 Å². The first kappa shape index (κ1) is 25.4. The molecule has 6 heteroatoms. The zero-order valence-corrected chi connectivity index (χ0v) is 20.4. The monoisotopic (exact) mass is 441 g/mol. The first-order valence-electron chi connectivity index (χ1n) is 11.0. The van der Waals surface area contributed by atoms with E-state index in [2.05, 4.69) is 16.5 Å². The van der Waals surface area contributed by atoms with Gasteiger partial charge in [0.05, 0.1) is 0 Å². The first-order chi connectivity index (χ1) is 15.0. The third kappa shape index (κ3) is 6.09.